The van der Waals surface area contributed by atoms with Crippen LogP contribution in [0.25, 0.3) is 0 Å². The lowest BCUT2D eigenvalue weighted by atomic mass is 10.2. The van der Waals surface area contributed by atoms with E-state index in [4.69, 9.17) is 4.74 Å². The van der Waals surface area contributed by atoms with E-state index in [0.717, 1.165) is 0 Å². The Morgan fingerprint density at radius 3 is 2.71 bits per heavy atom. The summed E-state index contributed by atoms with van der Waals surface area (Å²) in [6.45, 7) is 5.42. The maximum absolute atomic E-state index is 13.3. The van der Waals surface area contributed by atoms with Crippen molar-refractivity contribution >= 4 is 6.09 Å². The third-order valence-corrected chi connectivity index (χ3v) is 1.93. The minimum absolute atomic E-state index is 0.0849. The minimum atomic E-state index is -0.562. The second kappa shape index (κ2) is 5.12. The van der Waals surface area contributed by atoms with Crippen molar-refractivity contribution in [2.75, 3.05) is 7.05 Å². The SMILES string of the molecule is CN(Cc1ncccc1F)C(=O)OC(C)(C)C. The Morgan fingerprint density at radius 2 is 2.18 bits per heavy atom. The van der Waals surface area contributed by atoms with Gasteiger partial charge in [0.25, 0.3) is 0 Å². The Bertz CT molecular complexity index is 402. The molecule has 94 valence electrons. The quantitative estimate of drug-likeness (QED) is 0.798. The lowest BCUT2D eigenvalue weighted by molar-refractivity contribution is 0.0281. The van der Waals surface area contributed by atoms with Crippen molar-refractivity contribution in [3.05, 3.63) is 29.8 Å². The average Bonchev–Trinajstić information content (AvgIpc) is 2.18. The van der Waals surface area contributed by atoms with E-state index in [9.17, 15) is 9.18 Å². The minimum Gasteiger partial charge on any atom is -0.444 e. The normalized spacial score (nSPS) is 11.1. The first-order valence-corrected chi connectivity index (χ1v) is 5.33. The van der Waals surface area contributed by atoms with Gasteiger partial charge in [-0.25, -0.2) is 9.18 Å². The van der Waals surface area contributed by atoms with Crippen molar-refractivity contribution in [1.82, 2.24) is 9.88 Å². The summed E-state index contributed by atoms with van der Waals surface area (Å²) in [5.41, 5.74) is -0.338. The van der Waals surface area contributed by atoms with Gasteiger partial charge < -0.3 is 9.64 Å². The van der Waals surface area contributed by atoms with Crippen LogP contribution in [0.2, 0.25) is 0 Å². The number of hydrogen-bond acceptors (Lipinski definition) is 3. The van der Waals surface area contributed by atoms with Crippen molar-refractivity contribution in [3.63, 3.8) is 0 Å². The average molecular weight is 240 g/mol. The Morgan fingerprint density at radius 1 is 1.53 bits per heavy atom. The maximum atomic E-state index is 13.3. The summed E-state index contributed by atoms with van der Waals surface area (Å²) in [5, 5.41) is 0. The van der Waals surface area contributed by atoms with Crippen LogP contribution in [0.3, 0.4) is 0 Å². The summed E-state index contributed by atoms with van der Waals surface area (Å²) < 4.78 is 18.5. The molecule has 1 amide bonds. The molecule has 0 bridgehead atoms. The molecule has 0 aliphatic rings. The van der Waals surface area contributed by atoms with E-state index in [1.807, 2.05) is 0 Å². The predicted molar refractivity (Wildman–Crippen MR) is 61.9 cm³/mol. The molecule has 0 aromatic carbocycles. The third kappa shape index (κ3) is 4.38. The fourth-order valence-corrected chi connectivity index (χ4v) is 1.16. The molecule has 0 unspecified atom stereocenters. The van der Waals surface area contributed by atoms with Crippen LogP contribution in [-0.4, -0.2) is 28.6 Å². The van der Waals surface area contributed by atoms with Crippen LogP contribution >= 0.6 is 0 Å². The van der Waals surface area contributed by atoms with Gasteiger partial charge in [-0.15, -0.1) is 0 Å². The van der Waals surface area contributed by atoms with E-state index in [-0.39, 0.29) is 12.2 Å². The molecule has 1 aromatic rings. The summed E-state index contributed by atoms with van der Waals surface area (Å²) in [7, 11) is 1.54. The van der Waals surface area contributed by atoms with Gasteiger partial charge in [-0.05, 0) is 32.9 Å². The third-order valence-electron chi connectivity index (χ3n) is 1.93. The van der Waals surface area contributed by atoms with Gasteiger partial charge in [0.2, 0.25) is 0 Å². The number of aromatic nitrogens is 1. The maximum Gasteiger partial charge on any atom is 0.410 e. The van der Waals surface area contributed by atoms with E-state index in [1.54, 1.807) is 27.8 Å². The van der Waals surface area contributed by atoms with Crippen LogP contribution in [0.15, 0.2) is 18.3 Å². The summed E-state index contributed by atoms with van der Waals surface area (Å²) >= 11 is 0. The second-order valence-electron chi connectivity index (χ2n) is 4.77. The molecule has 1 aromatic heterocycles. The molecule has 0 aliphatic carbocycles. The lowest BCUT2D eigenvalue weighted by Gasteiger charge is -2.24. The summed E-state index contributed by atoms with van der Waals surface area (Å²) in [6, 6.07) is 2.82. The summed E-state index contributed by atoms with van der Waals surface area (Å²) in [5.74, 6) is -0.428. The van der Waals surface area contributed by atoms with Gasteiger partial charge >= 0.3 is 6.09 Å². The number of ether oxygens (including phenoxy) is 1. The van der Waals surface area contributed by atoms with Crippen LogP contribution in [-0.2, 0) is 11.3 Å². The Balaban J connectivity index is 2.64. The van der Waals surface area contributed by atoms with Gasteiger partial charge in [0.15, 0.2) is 0 Å². The zero-order valence-electron chi connectivity index (χ0n) is 10.5. The lowest BCUT2D eigenvalue weighted by Crippen LogP contribution is -2.34. The summed E-state index contributed by atoms with van der Waals surface area (Å²) in [4.78, 5) is 16.8. The first-order valence-electron chi connectivity index (χ1n) is 5.33. The number of halogens is 1. The number of pyridine rings is 1. The highest BCUT2D eigenvalue weighted by Gasteiger charge is 2.20. The zero-order chi connectivity index (χ0) is 13.1. The predicted octanol–water partition coefficient (Wildman–Crippen LogP) is 2.59. The molecule has 5 heteroatoms. The highest BCUT2D eigenvalue weighted by atomic mass is 19.1. The molecule has 0 aliphatic heterocycles. The molecule has 1 heterocycles. The number of nitrogens with zero attached hydrogens (tertiary/aromatic N) is 2. The Labute approximate surface area is 100 Å². The van der Waals surface area contributed by atoms with Crippen molar-refractivity contribution < 1.29 is 13.9 Å². The molecule has 0 N–H and O–H groups in total. The van der Waals surface area contributed by atoms with E-state index in [1.165, 1.54) is 23.2 Å². The van der Waals surface area contributed by atoms with Gasteiger partial charge in [0.05, 0.1) is 12.2 Å². The molecule has 4 nitrogen and oxygen atoms in total. The van der Waals surface area contributed by atoms with Gasteiger partial charge in [0.1, 0.15) is 11.4 Å². The molecule has 17 heavy (non-hydrogen) atoms. The molecular formula is C12H17FN2O2. The van der Waals surface area contributed by atoms with E-state index >= 15 is 0 Å². The summed E-state index contributed by atoms with van der Waals surface area (Å²) in [6.07, 6.45) is 0.990. The van der Waals surface area contributed by atoms with Gasteiger partial charge in [0, 0.05) is 13.2 Å². The van der Waals surface area contributed by atoms with Crippen molar-refractivity contribution in [1.29, 1.82) is 0 Å². The molecule has 0 saturated heterocycles. The van der Waals surface area contributed by atoms with Gasteiger partial charge in [-0.1, -0.05) is 0 Å². The molecule has 0 spiro atoms. The van der Waals surface area contributed by atoms with Crippen molar-refractivity contribution in [3.8, 4) is 0 Å². The highest BCUT2D eigenvalue weighted by molar-refractivity contribution is 5.67. The van der Waals surface area contributed by atoms with Crippen LogP contribution in [0.1, 0.15) is 26.5 Å². The van der Waals surface area contributed by atoms with Crippen molar-refractivity contribution in [2.24, 2.45) is 0 Å². The first kappa shape index (κ1) is 13.4. The van der Waals surface area contributed by atoms with Crippen LogP contribution in [0.5, 0.6) is 0 Å². The second-order valence-corrected chi connectivity index (χ2v) is 4.77. The molecular weight excluding hydrogens is 223 g/mol. The Hall–Kier alpha value is -1.65. The fourth-order valence-electron chi connectivity index (χ4n) is 1.16. The Kier molecular flexibility index (Phi) is 4.04. The zero-order valence-corrected chi connectivity index (χ0v) is 10.5. The molecule has 0 radical (unpaired) electrons. The van der Waals surface area contributed by atoms with E-state index in [0.29, 0.717) is 0 Å². The van der Waals surface area contributed by atoms with Crippen molar-refractivity contribution in [2.45, 2.75) is 32.9 Å². The van der Waals surface area contributed by atoms with Crippen LogP contribution < -0.4 is 0 Å². The van der Waals surface area contributed by atoms with Crippen LogP contribution in [0, 0.1) is 5.82 Å². The monoisotopic (exact) mass is 240 g/mol. The largest absolute Gasteiger partial charge is 0.444 e. The van der Waals surface area contributed by atoms with Crippen LogP contribution in [0.4, 0.5) is 9.18 Å². The smallest absolute Gasteiger partial charge is 0.410 e. The van der Waals surface area contributed by atoms with E-state index in [2.05, 4.69) is 4.98 Å². The highest BCUT2D eigenvalue weighted by Crippen LogP contribution is 2.11. The number of hydrogen-bond donors (Lipinski definition) is 0. The van der Waals surface area contributed by atoms with Gasteiger partial charge in [-0.3, -0.25) is 4.98 Å². The topological polar surface area (TPSA) is 42.4 Å². The first-order chi connectivity index (χ1) is 7.79. The number of carbonyl (C=O) groups excluding carboxylic acids is 1. The standard InChI is InChI=1S/C12H17FN2O2/c1-12(2,3)17-11(16)15(4)8-10-9(13)6-5-7-14-10/h5-7H,8H2,1-4H3. The fraction of sp³-hybridized carbons (Fsp3) is 0.500. The molecule has 0 saturated carbocycles. The van der Waals surface area contributed by atoms with E-state index < -0.39 is 17.5 Å². The number of rotatable bonds is 2. The molecule has 0 atom stereocenters. The molecule has 0 fully saturated rings. The number of carbonyl (C=O) groups is 1. The number of amides is 1. The molecule has 1 rings (SSSR count). The van der Waals surface area contributed by atoms with Gasteiger partial charge in [-0.2, -0.15) is 0 Å².